The minimum atomic E-state index is -0.307. The van der Waals surface area contributed by atoms with Crippen LogP contribution in [0.15, 0.2) is 6.20 Å². The van der Waals surface area contributed by atoms with Crippen molar-refractivity contribution in [3.05, 3.63) is 17.5 Å². The molecule has 2 rings (SSSR count). The summed E-state index contributed by atoms with van der Waals surface area (Å²) >= 11 is 0. The Bertz CT molecular complexity index is 398. The van der Waals surface area contributed by atoms with E-state index in [2.05, 4.69) is 34.3 Å². The van der Waals surface area contributed by atoms with Gasteiger partial charge in [-0.2, -0.15) is 5.10 Å². The maximum atomic E-state index is 10.2. The molecule has 3 N–H and O–H groups in total. The van der Waals surface area contributed by atoms with Crippen molar-refractivity contribution in [2.45, 2.75) is 45.8 Å². The van der Waals surface area contributed by atoms with Gasteiger partial charge in [-0.25, -0.2) is 0 Å². The molecule has 0 radical (unpaired) electrons. The number of nitrogens with one attached hydrogen (secondary N) is 2. The second-order valence-electron chi connectivity index (χ2n) is 6.22. The Morgan fingerprint density at radius 1 is 1.50 bits per heavy atom. The van der Waals surface area contributed by atoms with Crippen LogP contribution in [0.1, 0.15) is 44.0 Å². The molecule has 2 heterocycles. The zero-order chi connectivity index (χ0) is 14.5. The number of aryl methyl sites for hydroxylation is 1. The summed E-state index contributed by atoms with van der Waals surface area (Å²) in [6.45, 7) is 10.1. The second-order valence-corrected chi connectivity index (χ2v) is 6.22. The first kappa shape index (κ1) is 15.5. The number of hydrogen-bond acceptors (Lipinski definition) is 4. The third-order valence-corrected chi connectivity index (χ3v) is 4.34. The zero-order valence-corrected chi connectivity index (χ0v) is 12.9. The van der Waals surface area contributed by atoms with Gasteiger partial charge in [-0.1, -0.05) is 6.92 Å². The smallest absolute Gasteiger partial charge is 0.0791 e. The lowest BCUT2D eigenvalue weighted by atomic mass is 9.99. The fourth-order valence-corrected chi connectivity index (χ4v) is 2.83. The van der Waals surface area contributed by atoms with Crippen LogP contribution >= 0.6 is 0 Å². The Kier molecular flexibility index (Phi) is 5.57. The highest BCUT2D eigenvalue weighted by atomic mass is 16.3. The molecule has 1 aromatic heterocycles. The van der Waals surface area contributed by atoms with Gasteiger partial charge in [0.25, 0.3) is 0 Å². The number of hydrogen-bond donors (Lipinski definition) is 3. The second kappa shape index (κ2) is 7.20. The van der Waals surface area contributed by atoms with Gasteiger partial charge in [0.2, 0.25) is 0 Å². The highest BCUT2D eigenvalue weighted by molar-refractivity contribution is 5.18. The summed E-state index contributed by atoms with van der Waals surface area (Å²) in [6.07, 6.45) is 4.05. The lowest BCUT2D eigenvalue weighted by molar-refractivity contribution is 0.0892. The first-order chi connectivity index (χ1) is 9.56. The first-order valence-electron chi connectivity index (χ1n) is 7.70. The molecule has 5 heteroatoms. The Morgan fingerprint density at radius 2 is 2.20 bits per heavy atom. The molecule has 1 fully saturated rings. The number of aliphatic hydroxyl groups excluding tert-OH is 1. The van der Waals surface area contributed by atoms with Crippen LogP contribution < -0.4 is 5.32 Å². The number of rotatable bonds is 6. The predicted molar refractivity (Wildman–Crippen MR) is 80.6 cm³/mol. The van der Waals surface area contributed by atoms with Crippen LogP contribution in [0.2, 0.25) is 0 Å². The molecule has 1 aliphatic rings. The quantitative estimate of drug-likeness (QED) is 0.738. The Labute approximate surface area is 121 Å². The maximum Gasteiger partial charge on any atom is 0.0791 e. The molecule has 1 saturated heterocycles. The number of H-pyrrole nitrogens is 1. The molecular formula is C15H28N4O. The largest absolute Gasteiger partial charge is 0.390 e. The van der Waals surface area contributed by atoms with Crippen LogP contribution in [0.5, 0.6) is 0 Å². The van der Waals surface area contributed by atoms with Gasteiger partial charge in [-0.3, -0.25) is 5.10 Å². The van der Waals surface area contributed by atoms with E-state index in [1.807, 2.05) is 13.1 Å². The molecule has 1 aliphatic heterocycles. The number of aromatic amines is 1. The highest BCUT2D eigenvalue weighted by Gasteiger charge is 2.19. The molecule has 0 saturated carbocycles. The monoisotopic (exact) mass is 280 g/mol. The van der Waals surface area contributed by atoms with Crippen molar-refractivity contribution in [3.8, 4) is 0 Å². The summed E-state index contributed by atoms with van der Waals surface area (Å²) < 4.78 is 0. The lowest BCUT2D eigenvalue weighted by Crippen LogP contribution is -2.42. The van der Waals surface area contributed by atoms with E-state index in [-0.39, 0.29) is 12.1 Å². The van der Waals surface area contributed by atoms with Gasteiger partial charge in [-0.15, -0.1) is 0 Å². The van der Waals surface area contributed by atoms with Crippen molar-refractivity contribution in [1.29, 1.82) is 0 Å². The SMILES string of the molecule is Cc1[nH]ncc1C(C)NCC(O)CN1CCC(C)CC1. The van der Waals surface area contributed by atoms with Crippen molar-refractivity contribution >= 4 is 0 Å². The van der Waals surface area contributed by atoms with E-state index in [1.54, 1.807) is 0 Å². The van der Waals surface area contributed by atoms with Crippen LogP contribution in [0, 0.1) is 12.8 Å². The number of nitrogens with zero attached hydrogens (tertiary/aromatic N) is 2. The van der Waals surface area contributed by atoms with Gasteiger partial charge in [0, 0.05) is 30.4 Å². The van der Waals surface area contributed by atoms with Gasteiger partial charge < -0.3 is 15.3 Å². The molecule has 0 bridgehead atoms. The van der Waals surface area contributed by atoms with E-state index in [0.29, 0.717) is 6.54 Å². The van der Waals surface area contributed by atoms with E-state index >= 15 is 0 Å². The van der Waals surface area contributed by atoms with Crippen molar-refractivity contribution in [3.63, 3.8) is 0 Å². The molecule has 5 nitrogen and oxygen atoms in total. The number of piperidine rings is 1. The van der Waals surface area contributed by atoms with Gasteiger partial charge in [0.15, 0.2) is 0 Å². The van der Waals surface area contributed by atoms with Crippen LogP contribution in [0.4, 0.5) is 0 Å². The molecule has 20 heavy (non-hydrogen) atoms. The van der Waals surface area contributed by atoms with Gasteiger partial charge >= 0.3 is 0 Å². The van der Waals surface area contributed by atoms with Gasteiger partial charge in [0.05, 0.1) is 12.3 Å². The van der Waals surface area contributed by atoms with E-state index in [9.17, 15) is 5.11 Å². The summed E-state index contributed by atoms with van der Waals surface area (Å²) in [4.78, 5) is 2.38. The summed E-state index contributed by atoms with van der Waals surface area (Å²) in [6, 6.07) is 0.213. The molecule has 2 unspecified atom stereocenters. The average Bonchev–Trinajstić information content (AvgIpc) is 2.85. The maximum absolute atomic E-state index is 10.2. The van der Waals surface area contributed by atoms with Crippen LogP contribution in [0.25, 0.3) is 0 Å². The van der Waals surface area contributed by atoms with Crippen LogP contribution in [-0.4, -0.2) is 52.5 Å². The van der Waals surface area contributed by atoms with Crippen LogP contribution in [0.3, 0.4) is 0 Å². The molecule has 0 aliphatic carbocycles. The Balaban J connectivity index is 1.70. The van der Waals surface area contributed by atoms with E-state index in [4.69, 9.17) is 0 Å². The lowest BCUT2D eigenvalue weighted by Gasteiger charge is -2.32. The summed E-state index contributed by atoms with van der Waals surface area (Å²) in [7, 11) is 0. The summed E-state index contributed by atoms with van der Waals surface area (Å²) in [5, 5.41) is 20.5. The third kappa shape index (κ3) is 4.30. The number of aromatic nitrogens is 2. The van der Waals surface area contributed by atoms with Crippen LogP contribution in [-0.2, 0) is 0 Å². The molecule has 0 amide bonds. The van der Waals surface area contributed by atoms with Gasteiger partial charge in [0.1, 0.15) is 0 Å². The fraction of sp³-hybridized carbons (Fsp3) is 0.800. The minimum Gasteiger partial charge on any atom is -0.390 e. The minimum absolute atomic E-state index is 0.213. The topological polar surface area (TPSA) is 64.2 Å². The molecule has 0 spiro atoms. The van der Waals surface area contributed by atoms with Crippen molar-refractivity contribution in [2.75, 3.05) is 26.2 Å². The molecule has 114 valence electrons. The average molecular weight is 280 g/mol. The number of likely N-dealkylation sites (tertiary alicyclic amines) is 1. The molecule has 2 atom stereocenters. The van der Waals surface area contributed by atoms with Crippen molar-refractivity contribution in [1.82, 2.24) is 20.4 Å². The standard InChI is InChI=1S/C15H28N4O/c1-11-4-6-19(7-5-11)10-14(20)8-16-12(2)15-9-17-18-13(15)3/h9,11-12,14,16,20H,4-8,10H2,1-3H3,(H,17,18). The van der Waals surface area contributed by atoms with E-state index < -0.39 is 0 Å². The third-order valence-electron chi connectivity index (χ3n) is 4.34. The van der Waals surface area contributed by atoms with Gasteiger partial charge in [-0.05, 0) is 45.7 Å². The molecular weight excluding hydrogens is 252 g/mol. The first-order valence-corrected chi connectivity index (χ1v) is 7.70. The Hall–Kier alpha value is -0.910. The molecule has 1 aromatic rings. The van der Waals surface area contributed by atoms with E-state index in [1.165, 1.54) is 18.4 Å². The zero-order valence-electron chi connectivity index (χ0n) is 12.9. The summed E-state index contributed by atoms with van der Waals surface area (Å²) in [5.41, 5.74) is 2.26. The van der Waals surface area contributed by atoms with Crippen molar-refractivity contribution < 1.29 is 5.11 Å². The normalized spacial score (nSPS) is 21.0. The number of aliphatic hydroxyl groups is 1. The fourth-order valence-electron chi connectivity index (χ4n) is 2.83. The highest BCUT2D eigenvalue weighted by Crippen LogP contribution is 2.16. The molecule has 0 aromatic carbocycles. The summed E-state index contributed by atoms with van der Waals surface area (Å²) in [5.74, 6) is 0.839. The van der Waals surface area contributed by atoms with E-state index in [0.717, 1.165) is 31.2 Å². The predicted octanol–water partition coefficient (Wildman–Crippen LogP) is 1.46. The van der Waals surface area contributed by atoms with Crippen molar-refractivity contribution in [2.24, 2.45) is 5.92 Å². The number of β-amino-alcohol motifs (C(OH)–C–C–N with tert-alkyl or cyclic N) is 1. The Morgan fingerprint density at radius 3 is 2.80 bits per heavy atom.